The number of thioether (sulfide) groups is 1. The second kappa shape index (κ2) is 12.3. The molecule has 0 saturated heterocycles. The Morgan fingerprint density at radius 1 is 0.978 bits per heavy atom. The zero-order valence-corrected chi connectivity index (χ0v) is 26.4. The highest BCUT2D eigenvalue weighted by Crippen LogP contribution is 2.46. The number of Topliss-reactive ketones (excluding diaryl/α,β-unsaturated/α-hetero) is 1. The molecule has 1 N–H and O–H groups in total. The smallest absolute Gasteiger partial charge is 0.296 e. The maximum atomic E-state index is 14.0. The Labute approximate surface area is 272 Å². The van der Waals surface area contributed by atoms with Crippen LogP contribution in [0.5, 0.6) is 11.5 Å². The van der Waals surface area contributed by atoms with Gasteiger partial charge in [-0.25, -0.2) is 0 Å². The molecule has 0 radical (unpaired) electrons. The Bertz CT molecular complexity index is 2110. The number of fused-ring (bicyclic) bond motifs is 2. The van der Waals surface area contributed by atoms with Gasteiger partial charge in [-0.3, -0.25) is 14.5 Å². The molecule has 7 rings (SSSR count). The van der Waals surface area contributed by atoms with Crippen molar-refractivity contribution in [3.63, 3.8) is 0 Å². The van der Waals surface area contributed by atoms with Gasteiger partial charge in [0.2, 0.25) is 10.9 Å². The van der Waals surface area contributed by atoms with Crippen LogP contribution in [0.4, 0.5) is 5.13 Å². The van der Waals surface area contributed by atoms with Crippen molar-refractivity contribution in [1.29, 1.82) is 0 Å². The van der Waals surface area contributed by atoms with Crippen LogP contribution < -0.4 is 14.4 Å². The van der Waals surface area contributed by atoms with Gasteiger partial charge in [-0.2, -0.15) is 0 Å². The van der Waals surface area contributed by atoms with Crippen LogP contribution in [0.3, 0.4) is 0 Å². The van der Waals surface area contributed by atoms with Crippen LogP contribution in [0.15, 0.2) is 111 Å². The van der Waals surface area contributed by atoms with Crippen LogP contribution in [0.1, 0.15) is 34.6 Å². The molecule has 6 aromatic rings. The molecule has 1 aliphatic heterocycles. The zero-order chi connectivity index (χ0) is 31.8. The number of benzene rings is 4. The fourth-order valence-electron chi connectivity index (χ4n) is 5.62. The number of hydrogen-bond acceptors (Lipinski definition) is 10. The van der Waals surface area contributed by atoms with Gasteiger partial charge in [0, 0.05) is 11.1 Å². The van der Waals surface area contributed by atoms with Crippen LogP contribution in [0, 0.1) is 0 Å². The van der Waals surface area contributed by atoms with Gasteiger partial charge < -0.3 is 19.0 Å². The minimum atomic E-state index is -1.04. The van der Waals surface area contributed by atoms with Crippen LogP contribution in [-0.4, -0.2) is 40.7 Å². The van der Waals surface area contributed by atoms with Gasteiger partial charge in [0.15, 0.2) is 27.4 Å². The summed E-state index contributed by atoms with van der Waals surface area (Å²) >= 11 is 2.71. The molecule has 9 nitrogen and oxygen atoms in total. The summed E-state index contributed by atoms with van der Waals surface area (Å²) < 4.78 is 17.8. The van der Waals surface area contributed by atoms with Crippen LogP contribution >= 0.6 is 23.1 Å². The highest BCUT2D eigenvalue weighted by Gasteiger charge is 2.47. The van der Waals surface area contributed by atoms with Gasteiger partial charge >= 0.3 is 0 Å². The van der Waals surface area contributed by atoms with Crippen molar-refractivity contribution in [1.82, 2.24) is 10.2 Å². The van der Waals surface area contributed by atoms with Crippen molar-refractivity contribution in [2.75, 3.05) is 18.6 Å². The van der Waals surface area contributed by atoms with Crippen molar-refractivity contribution < 1.29 is 28.6 Å². The van der Waals surface area contributed by atoms with E-state index >= 15 is 0 Å². The van der Waals surface area contributed by atoms with E-state index in [1.165, 1.54) is 35.1 Å². The number of carbonyl (C=O) groups excluding carboxylic acids is 2. The Morgan fingerprint density at radius 2 is 1.76 bits per heavy atom. The number of nitrogens with zero attached hydrogens (tertiary/aromatic N) is 3. The number of furan rings is 1. The number of rotatable bonds is 10. The third kappa shape index (κ3) is 5.27. The maximum Gasteiger partial charge on any atom is 0.296 e. The summed E-state index contributed by atoms with van der Waals surface area (Å²) in [5.41, 5.74) is 2.05. The molecule has 1 amide bonds. The summed E-state index contributed by atoms with van der Waals surface area (Å²) in [6, 6.07) is 27.3. The third-order valence-corrected chi connectivity index (χ3v) is 9.84. The molecule has 46 heavy (non-hydrogen) atoms. The summed E-state index contributed by atoms with van der Waals surface area (Å²) in [6.07, 6.45) is 0. The van der Waals surface area contributed by atoms with Gasteiger partial charge in [0.25, 0.3) is 5.91 Å². The topological polar surface area (TPSA) is 115 Å². The van der Waals surface area contributed by atoms with E-state index in [0.717, 1.165) is 21.7 Å². The predicted molar refractivity (Wildman–Crippen MR) is 178 cm³/mol. The third-order valence-electron chi connectivity index (χ3n) is 7.74. The normalized spacial score (nSPS) is 14.9. The number of hydrogen-bond donors (Lipinski definition) is 1. The van der Waals surface area contributed by atoms with E-state index in [-0.39, 0.29) is 16.5 Å². The minimum Gasteiger partial charge on any atom is -0.503 e. The highest BCUT2D eigenvalue weighted by molar-refractivity contribution is 8.00. The summed E-state index contributed by atoms with van der Waals surface area (Å²) in [5.74, 6) is -0.491. The van der Waals surface area contributed by atoms with Gasteiger partial charge in [0.05, 0.1) is 25.3 Å². The molecule has 0 fully saturated rings. The molecular formula is C35H27N3O6S2. The van der Waals surface area contributed by atoms with E-state index in [2.05, 4.69) is 34.5 Å². The molecule has 230 valence electrons. The second-order valence-corrected chi connectivity index (χ2v) is 12.6. The van der Waals surface area contributed by atoms with Crippen LogP contribution in [0.25, 0.3) is 21.7 Å². The number of ketones is 1. The standard InChI is InChI=1S/C35H27N3O6S2/c1-3-43-26-16-15-22(18-27(26)42-2)30-29(31(39)28-17-21-10-5-7-14-25(21)44-28)32(40)33(41)38(30)34-36-37-35(46-34)45-19-23-12-8-11-20-9-4-6-13-24(20)23/h4-18,30,40H,3,19H2,1-2H3. The second-order valence-electron chi connectivity index (χ2n) is 10.4. The molecule has 11 heteroatoms. The number of para-hydroxylation sites is 1. The molecule has 0 spiro atoms. The van der Waals surface area contributed by atoms with E-state index in [1.54, 1.807) is 36.4 Å². The number of carbonyl (C=O) groups is 2. The Balaban J connectivity index is 1.26. The number of aromatic nitrogens is 2. The van der Waals surface area contributed by atoms with E-state index in [0.29, 0.717) is 39.3 Å². The van der Waals surface area contributed by atoms with Crippen molar-refractivity contribution in [2.45, 2.75) is 23.1 Å². The molecule has 0 saturated carbocycles. The highest BCUT2D eigenvalue weighted by atomic mass is 32.2. The average molecular weight is 650 g/mol. The average Bonchev–Trinajstić information content (AvgIpc) is 3.80. The number of aliphatic hydroxyl groups is 1. The fraction of sp³-hybridized carbons (Fsp3) is 0.143. The van der Waals surface area contributed by atoms with E-state index in [9.17, 15) is 14.7 Å². The quantitative estimate of drug-likeness (QED) is 0.0898. The first-order valence-electron chi connectivity index (χ1n) is 14.5. The van der Waals surface area contributed by atoms with E-state index < -0.39 is 23.5 Å². The molecule has 2 aromatic heterocycles. The predicted octanol–water partition coefficient (Wildman–Crippen LogP) is 7.92. The summed E-state index contributed by atoms with van der Waals surface area (Å²) in [4.78, 5) is 29.1. The van der Waals surface area contributed by atoms with E-state index in [4.69, 9.17) is 13.9 Å². The lowest BCUT2D eigenvalue weighted by molar-refractivity contribution is -0.117. The minimum absolute atomic E-state index is 0.00361. The number of anilines is 1. The molecule has 0 aliphatic carbocycles. The SMILES string of the molecule is CCOc1ccc(C2C(C(=O)c3cc4ccccc4o3)=C(O)C(=O)N2c2nnc(SCc3cccc4ccccc34)s2)cc1OC. The first-order chi connectivity index (χ1) is 22.5. The van der Waals surface area contributed by atoms with Crippen molar-refractivity contribution in [2.24, 2.45) is 0 Å². The first kappa shape index (κ1) is 29.6. The Kier molecular flexibility index (Phi) is 7.93. The van der Waals surface area contributed by atoms with Crippen LogP contribution in [-0.2, 0) is 10.5 Å². The molecule has 0 bridgehead atoms. The lowest BCUT2D eigenvalue weighted by atomic mass is 9.95. The molecule has 4 aromatic carbocycles. The molecular weight excluding hydrogens is 623 g/mol. The Hall–Kier alpha value is -5.13. The number of ether oxygens (including phenoxy) is 2. The molecule has 3 heterocycles. The van der Waals surface area contributed by atoms with Gasteiger partial charge in [-0.05, 0) is 53.1 Å². The number of methoxy groups -OCH3 is 1. The number of amides is 1. The summed E-state index contributed by atoms with van der Waals surface area (Å²) in [5, 5.41) is 23.3. The number of aliphatic hydroxyl groups excluding tert-OH is 1. The molecule has 1 unspecified atom stereocenters. The van der Waals surface area contributed by atoms with Crippen molar-refractivity contribution >= 4 is 61.7 Å². The van der Waals surface area contributed by atoms with Crippen molar-refractivity contribution in [3.05, 3.63) is 119 Å². The van der Waals surface area contributed by atoms with E-state index in [1.807, 2.05) is 37.3 Å². The zero-order valence-electron chi connectivity index (χ0n) is 24.8. The first-order valence-corrected chi connectivity index (χ1v) is 16.3. The van der Waals surface area contributed by atoms with Gasteiger partial charge in [-0.1, -0.05) is 89.8 Å². The maximum absolute atomic E-state index is 14.0. The summed E-state index contributed by atoms with van der Waals surface area (Å²) in [7, 11) is 1.51. The summed E-state index contributed by atoms with van der Waals surface area (Å²) in [6.45, 7) is 2.28. The monoisotopic (exact) mass is 649 g/mol. The van der Waals surface area contributed by atoms with Crippen molar-refractivity contribution in [3.8, 4) is 11.5 Å². The fourth-order valence-corrected chi connectivity index (χ4v) is 7.49. The lowest BCUT2D eigenvalue weighted by Crippen LogP contribution is -2.31. The van der Waals surface area contributed by atoms with Gasteiger partial charge in [-0.15, -0.1) is 10.2 Å². The lowest BCUT2D eigenvalue weighted by Gasteiger charge is -2.24. The van der Waals surface area contributed by atoms with Gasteiger partial charge in [0.1, 0.15) is 5.58 Å². The molecule has 1 aliphatic rings. The molecule has 1 atom stereocenters. The van der Waals surface area contributed by atoms with Crippen LogP contribution in [0.2, 0.25) is 0 Å². The largest absolute Gasteiger partial charge is 0.503 e. The Morgan fingerprint density at radius 3 is 2.57 bits per heavy atom.